The van der Waals surface area contributed by atoms with Crippen molar-refractivity contribution in [1.29, 1.82) is 0 Å². The number of nitrogens with zero attached hydrogens (tertiary/aromatic N) is 1. The summed E-state index contributed by atoms with van der Waals surface area (Å²) in [4.78, 5) is 24.6. The number of carboxylic acid groups (broad SMARTS) is 1. The first-order valence-corrected chi connectivity index (χ1v) is 7.04. The van der Waals surface area contributed by atoms with Crippen LogP contribution >= 0.6 is 0 Å². The zero-order chi connectivity index (χ0) is 16.0. The summed E-state index contributed by atoms with van der Waals surface area (Å²) in [5.74, 6) is -1.77. The van der Waals surface area contributed by atoms with Crippen LogP contribution in [0.4, 0.5) is 4.39 Å². The van der Waals surface area contributed by atoms with Gasteiger partial charge in [-0.2, -0.15) is 0 Å². The molecule has 0 fully saturated rings. The Bertz CT molecular complexity index is 502. The smallest absolute Gasteiger partial charge is 0.323 e. The molecule has 0 spiro atoms. The summed E-state index contributed by atoms with van der Waals surface area (Å²) in [6.45, 7) is 5.70. The number of rotatable bonds is 7. The second-order valence-corrected chi connectivity index (χ2v) is 5.74. The van der Waals surface area contributed by atoms with Gasteiger partial charge in [0.15, 0.2) is 0 Å². The fourth-order valence-corrected chi connectivity index (χ4v) is 2.25. The number of carbonyl (C=O) groups is 2. The Morgan fingerprint density at radius 3 is 2.48 bits per heavy atom. The van der Waals surface area contributed by atoms with Crippen molar-refractivity contribution in [1.82, 2.24) is 4.90 Å². The molecule has 21 heavy (non-hydrogen) atoms. The molecule has 0 aliphatic heterocycles. The van der Waals surface area contributed by atoms with Crippen LogP contribution in [0.5, 0.6) is 0 Å². The van der Waals surface area contributed by atoms with Gasteiger partial charge in [-0.1, -0.05) is 32.9 Å². The molecular formula is C16H22FNO3. The van der Waals surface area contributed by atoms with Gasteiger partial charge in [0.25, 0.3) is 0 Å². The number of carboxylic acids is 1. The highest BCUT2D eigenvalue weighted by Crippen LogP contribution is 2.14. The zero-order valence-electron chi connectivity index (χ0n) is 12.7. The van der Waals surface area contributed by atoms with Crippen LogP contribution in [0.25, 0.3) is 0 Å². The summed E-state index contributed by atoms with van der Waals surface area (Å²) >= 11 is 0. The topological polar surface area (TPSA) is 57.6 Å². The van der Waals surface area contributed by atoms with Crippen molar-refractivity contribution in [2.75, 3.05) is 13.1 Å². The van der Waals surface area contributed by atoms with Crippen molar-refractivity contribution >= 4 is 11.9 Å². The summed E-state index contributed by atoms with van der Waals surface area (Å²) in [5.41, 5.74) is 0.732. The summed E-state index contributed by atoms with van der Waals surface area (Å²) < 4.78 is 13.1. The first-order valence-electron chi connectivity index (χ1n) is 7.04. The molecule has 1 amide bonds. The molecule has 5 heteroatoms. The number of aliphatic carboxylic acids is 1. The molecule has 1 aromatic rings. The largest absolute Gasteiger partial charge is 0.480 e. The van der Waals surface area contributed by atoms with Crippen molar-refractivity contribution in [2.45, 2.75) is 27.2 Å². The lowest BCUT2D eigenvalue weighted by Gasteiger charge is -2.26. The second kappa shape index (κ2) is 7.76. The Morgan fingerprint density at radius 2 is 1.95 bits per heavy atom. The van der Waals surface area contributed by atoms with Crippen LogP contribution in [0.1, 0.15) is 26.3 Å². The Hall–Kier alpha value is -1.91. The van der Waals surface area contributed by atoms with E-state index in [0.717, 1.165) is 5.56 Å². The third-order valence-corrected chi connectivity index (χ3v) is 3.08. The van der Waals surface area contributed by atoms with E-state index in [1.807, 2.05) is 13.8 Å². The van der Waals surface area contributed by atoms with Gasteiger partial charge in [-0.3, -0.25) is 9.59 Å². The van der Waals surface area contributed by atoms with Crippen LogP contribution in [-0.2, 0) is 16.0 Å². The number of hydrogen-bond donors (Lipinski definition) is 1. The highest BCUT2D eigenvalue weighted by molar-refractivity contribution is 5.83. The van der Waals surface area contributed by atoms with E-state index >= 15 is 0 Å². The van der Waals surface area contributed by atoms with Crippen molar-refractivity contribution < 1.29 is 19.1 Å². The lowest BCUT2D eigenvalue weighted by molar-refractivity contribution is -0.146. The first kappa shape index (κ1) is 17.1. The van der Waals surface area contributed by atoms with E-state index < -0.39 is 5.97 Å². The van der Waals surface area contributed by atoms with Gasteiger partial charge in [-0.15, -0.1) is 0 Å². The third-order valence-electron chi connectivity index (χ3n) is 3.08. The first-order chi connectivity index (χ1) is 9.79. The van der Waals surface area contributed by atoms with Crippen LogP contribution in [-0.4, -0.2) is 35.0 Å². The van der Waals surface area contributed by atoms with Crippen LogP contribution < -0.4 is 0 Å². The molecule has 0 aliphatic rings. The third kappa shape index (κ3) is 5.94. The molecular weight excluding hydrogens is 273 g/mol. The predicted octanol–water partition coefficient (Wildman–Crippen LogP) is 2.57. The fourth-order valence-electron chi connectivity index (χ4n) is 2.25. The monoisotopic (exact) mass is 295 g/mol. The number of carbonyl (C=O) groups excluding carboxylic acids is 1. The molecule has 0 bridgehead atoms. The number of hydrogen-bond acceptors (Lipinski definition) is 2. The molecule has 0 aromatic heterocycles. The second-order valence-electron chi connectivity index (χ2n) is 5.74. The minimum absolute atomic E-state index is 0.190. The lowest BCUT2D eigenvalue weighted by Crippen LogP contribution is -2.41. The standard InChI is InChI=1S/C16H22FNO3/c1-11(2)9-18(10-15(19)20)16(21)12(3)7-13-5-4-6-14(17)8-13/h4-6,8,11-12H,7,9-10H2,1-3H3,(H,19,20). The molecule has 1 unspecified atom stereocenters. The number of benzene rings is 1. The molecule has 4 nitrogen and oxygen atoms in total. The van der Waals surface area contributed by atoms with Gasteiger partial charge in [-0.25, -0.2) is 4.39 Å². The van der Waals surface area contributed by atoms with Crippen molar-refractivity contribution in [3.05, 3.63) is 35.6 Å². The highest BCUT2D eigenvalue weighted by Gasteiger charge is 2.23. The maximum absolute atomic E-state index is 13.1. The highest BCUT2D eigenvalue weighted by atomic mass is 19.1. The van der Waals surface area contributed by atoms with Crippen molar-refractivity contribution in [2.24, 2.45) is 11.8 Å². The average Bonchev–Trinajstić information content (AvgIpc) is 2.35. The van der Waals surface area contributed by atoms with E-state index in [-0.39, 0.29) is 30.1 Å². The van der Waals surface area contributed by atoms with Gasteiger partial charge in [0.1, 0.15) is 12.4 Å². The fraction of sp³-hybridized carbons (Fsp3) is 0.500. The maximum atomic E-state index is 13.1. The molecule has 0 saturated heterocycles. The van der Waals surface area contributed by atoms with Gasteiger partial charge in [0.05, 0.1) is 0 Å². The molecule has 1 aromatic carbocycles. The van der Waals surface area contributed by atoms with Gasteiger partial charge in [0, 0.05) is 12.5 Å². The molecule has 0 aliphatic carbocycles. The predicted molar refractivity (Wildman–Crippen MR) is 78.3 cm³/mol. The Balaban J connectivity index is 2.75. The number of amides is 1. The summed E-state index contributed by atoms with van der Waals surface area (Å²) in [7, 11) is 0. The van der Waals surface area contributed by atoms with E-state index in [1.54, 1.807) is 19.1 Å². The molecule has 0 saturated carbocycles. The van der Waals surface area contributed by atoms with Crippen LogP contribution in [0.15, 0.2) is 24.3 Å². The molecule has 1 rings (SSSR count). The number of halogens is 1. The van der Waals surface area contributed by atoms with Gasteiger partial charge >= 0.3 is 5.97 Å². The Kier molecular flexibility index (Phi) is 6.34. The molecule has 1 atom stereocenters. The Labute approximate surface area is 124 Å². The average molecular weight is 295 g/mol. The lowest BCUT2D eigenvalue weighted by atomic mass is 9.99. The van der Waals surface area contributed by atoms with E-state index in [0.29, 0.717) is 13.0 Å². The van der Waals surface area contributed by atoms with Gasteiger partial charge in [0.2, 0.25) is 5.91 Å². The summed E-state index contributed by atoms with van der Waals surface area (Å²) in [5, 5.41) is 8.91. The van der Waals surface area contributed by atoms with Gasteiger partial charge < -0.3 is 10.0 Å². The quantitative estimate of drug-likeness (QED) is 0.841. The zero-order valence-corrected chi connectivity index (χ0v) is 12.7. The Morgan fingerprint density at radius 1 is 1.29 bits per heavy atom. The van der Waals surface area contributed by atoms with Crippen molar-refractivity contribution in [3.8, 4) is 0 Å². The normalized spacial score (nSPS) is 12.2. The summed E-state index contributed by atoms with van der Waals surface area (Å²) in [6, 6.07) is 6.11. The SMILES string of the molecule is CC(C)CN(CC(=O)O)C(=O)C(C)Cc1cccc(F)c1. The van der Waals surface area contributed by atoms with E-state index in [1.165, 1.54) is 17.0 Å². The molecule has 0 radical (unpaired) electrons. The van der Waals surface area contributed by atoms with Gasteiger partial charge in [-0.05, 0) is 30.0 Å². The minimum Gasteiger partial charge on any atom is -0.480 e. The van der Waals surface area contributed by atoms with E-state index in [4.69, 9.17) is 5.11 Å². The molecule has 1 N–H and O–H groups in total. The van der Waals surface area contributed by atoms with Crippen LogP contribution in [0.3, 0.4) is 0 Å². The maximum Gasteiger partial charge on any atom is 0.323 e. The van der Waals surface area contributed by atoms with E-state index in [2.05, 4.69) is 0 Å². The van der Waals surface area contributed by atoms with Crippen molar-refractivity contribution in [3.63, 3.8) is 0 Å². The summed E-state index contributed by atoms with van der Waals surface area (Å²) in [6.07, 6.45) is 0.394. The minimum atomic E-state index is -1.03. The molecule has 116 valence electrons. The van der Waals surface area contributed by atoms with Crippen LogP contribution in [0, 0.1) is 17.7 Å². The molecule has 0 heterocycles. The van der Waals surface area contributed by atoms with Crippen LogP contribution in [0.2, 0.25) is 0 Å². The van der Waals surface area contributed by atoms with E-state index in [9.17, 15) is 14.0 Å².